The highest BCUT2D eigenvalue weighted by Gasteiger charge is 2.10. The molecule has 83 valence electrons. The van der Waals surface area contributed by atoms with Crippen LogP contribution in [0.2, 0.25) is 0 Å². The van der Waals surface area contributed by atoms with Gasteiger partial charge in [0.2, 0.25) is 0 Å². The second-order valence-corrected chi connectivity index (χ2v) is 3.65. The number of imidazole rings is 1. The Balaban J connectivity index is 2.24. The van der Waals surface area contributed by atoms with Crippen molar-refractivity contribution in [2.24, 2.45) is 7.05 Å². The fourth-order valence-electron chi connectivity index (χ4n) is 1.72. The maximum Gasteiger partial charge on any atom is 0.198 e. The molecular weight excluding hydrogens is 219 g/mol. The molecule has 0 fully saturated rings. The molecule has 2 aromatic heterocycles. The molecule has 0 bridgehead atoms. The molecule has 0 N–H and O–H groups in total. The van der Waals surface area contributed by atoms with Crippen molar-refractivity contribution < 1.29 is 4.39 Å². The number of aromatic nitrogens is 4. The molecule has 0 aliphatic carbocycles. The second kappa shape index (κ2) is 3.62. The number of benzene rings is 1. The van der Waals surface area contributed by atoms with E-state index >= 15 is 0 Å². The van der Waals surface area contributed by atoms with Gasteiger partial charge in [-0.1, -0.05) is 0 Å². The van der Waals surface area contributed by atoms with Gasteiger partial charge in [-0.3, -0.25) is 0 Å². The summed E-state index contributed by atoms with van der Waals surface area (Å²) in [5, 5.41) is 0. The lowest BCUT2D eigenvalue weighted by atomic mass is 10.2. The predicted molar refractivity (Wildman–Crippen MR) is 60.5 cm³/mol. The van der Waals surface area contributed by atoms with E-state index in [4.69, 9.17) is 0 Å². The van der Waals surface area contributed by atoms with Crippen molar-refractivity contribution in [2.45, 2.75) is 0 Å². The maximum absolute atomic E-state index is 12.9. The van der Waals surface area contributed by atoms with Crippen LogP contribution in [-0.2, 0) is 7.05 Å². The van der Waals surface area contributed by atoms with Crippen molar-refractivity contribution in [1.82, 2.24) is 19.5 Å². The quantitative estimate of drug-likeness (QED) is 0.638. The van der Waals surface area contributed by atoms with Crippen LogP contribution < -0.4 is 0 Å². The van der Waals surface area contributed by atoms with Crippen LogP contribution in [0.4, 0.5) is 4.39 Å². The lowest BCUT2D eigenvalue weighted by Crippen LogP contribution is -1.93. The van der Waals surface area contributed by atoms with Gasteiger partial charge in [-0.2, -0.15) is 0 Å². The summed E-state index contributed by atoms with van der Waals surface area (Å²) in [6.45, 7) is 0. The number of hydrogen-bond acceptors (Lipinski definition) is 3. The third kappa shape index (κ3) is 1.56. The van der Waals surface area contributed by atoms with Crippen LogP contribution in [0, 0.1) is 12.0 Å². The topological polar surface area (TPSA) is 43.6 Å². The molecule has 0 saturated heterocycles. The summed E-state index contributed by atoms with van der Waals surface area (Å²) in [6.07, 6.45) is 4.14. The van der Waals surface area contributed by atoms with Crippen LogP contribution in [0.3, 0.4) is 0 Å². The third-order valence-electron chi connectivity index (χ3n) is 2.56. The SMILES string of the molecule is Cn1c(-c2ccc(F)cc2)nc2nc[c]nc21. The van der Waals surface area contributed by atoms with E-state index in [0.717, 1.165) is 5.56 Å². The van der Waals surface area contributed by atoms with E-state index in [1.807, 2.05) is 11.6 Å². The summed E-state index contributed by atoms with van der Waals surface area (Å²) in [6, 6.07) is 6.17. The molecule has 0 aliphatic rings. The summed E-state index contributed by atoms with van der Waals surface area (Å²) in [5.41, 5.74) is 2.05. The molecule has 4 nitrogen and oxygen atoms in total. The van der Waals surface area contributed by atoms with Gasteiger partial charge < -0.3 is 4.57 Å². The van der Waals surface area contributed by atoms with Gasteiger partial charge in [0.05, 0.1) is 6.20 Å². The standard InChI is InChI=1S/C12H8FN4/c1-17-11(8-2-4-9(13)5-3-8)16-10-12(17)15-7-6-14-10/h2-6H,1H3. The number of hydrogen-bond donors (Lipinski definition) is 0. The average molecular weight is 227 g/mol. The van der Waals surface area contributed by atoms with Gasteiger partial charge in [0.1, 0.15) is 17.8 Å². The summed E-state index contributed by atoms with van der Waals surface area (Å²) in [7, 11) is 1.84. The van der Waals surface area contributed by atoms with Crippen molar-refractivity contribution in [1.29, 1.82) is 0 Å². The van der Waals surface area contributed by atoms with Crippen LogP contribution >= 0.6 is 0 Å². The zero-order valence-electron chi connectivity index (χ0n) is 9.05. The molecule has 0 unspecified atom stereocenters. The summed E-state index contributed by atoms with van der Waals surface area (Å²) in [4.78, 5) is 12.5. The van der Waals surface area contributed by atoms with E-state index in [1.54, 1.807) is 12.1 Å². The van der Waals surface area contributed by atoms with Crippen LogP contribution in [-0.4, -0.2) is 19.5 Å². The zero-order chi connectivity index (χ0) is 11.8. The van der Waals surface area contributed by atoms with Crippen molar-refractivity contribution in [3.63, 3.8) is 0 Å². The number of rotatable bonds is 1. The van der Waals surface area contributed by atoms with Gasteiger partial charge in [-0.25, -0.2) is 19.3 Å². The molecule has 3 rings (SSSR count). The van der Waals surface area contributed by atoms with E-state index in [2.05, 4.69) is 21.1 Å². The van der Waals surface area contributed by atoms with Crippen LogP contribution in [0.5, 0.6) is 0 Å². The minimum absolute atomic E-state index is 0.267. The van der Waals surface area contributed by atoms with Crippen LogP contribution in [0.1, 0.15) is 0 Å². The van der Waals surface area contributed by atoms with E-state index in [0.29, 0.717) is 17.1 Å². The first kappa shape index (κ1) is 9.89. The highest BCUT2D eigenvalue weighted by molar-refractivity contribution is 5.73. The Morgan fingerprint density at radius 3 is 2.71 bits per heavy atom. The van der Waals surface area contributed by atoms with Crippen LogP contribution in [0.15, 0.2) is 30.5 Å². The zero-order valence-corrected chi connectivity index (χ0v) is 9.05. The van der Waals surface area contributed by atoms with Gasteiger partial charge in [0, 0.05) is 12.6 Å². The minimum atomic E-state index is -0.267. The first-order valence-electron chi connectivity index (χ1n) is 5.07. The molecule has 1 aromatic carbocycles. The van der Waals surface area contributed by atoms with Crippen molar-refractivity contribution in [3.8, 4) is 11.4 Å². The molecular formula is C12H8FN4. The Kier molecular flexibility index (Phi) is 2.11. The Bertz CT molecular complexity index is 673. The van der Waals surface area contributed by atoms with Crippen molar-refractivity contribution >= 4 is 11.3 Å². The van der Waals surface area contributed by atoms with Gasteiger partial charge in [0.25, 0.3) is 0 Å². The highest BCUT2D eigenvalue weighted by atomic mass is 19.1. The summed E-state index contributed by atoms with van der Waals surface area (Å²) >= 11 is 0. The first-order valence-corrected chi connectivity index (χ1v) is 5.07. The Morgan fingerprint density at radius 2 is 2.00 bits per heavy atom. The Labute approximate surface area is 96.8 Å². The van der Waals surface area contributed by atoms with Crippen molar-refractivity contribution in [3.05, 3.63) is 42.5 Å². The minimum Gasteiger partial charge on any atom is -0.310 e. The molecule has 0 atom stereocenters. The molecule has 0 aliphatic heterocycles. The van der Waals surface area contributed by atoms with Gasteiger partial charge in [-0.15, -0.1) is 0 Å². The van der Waals surface area contributed by atoms with Gasteiger partial charge in [0.15, 0.2) is 11.3 Å². The number of aryl methyl sites for hydroxylation is 1. The third-order valence-corrected chi connectivity index (χ3v) is 2.56. The van der Waals surface area contributed by atoms with Crippen LogP contribution in [0.25, 0.3) is 22.7 Å². The average Bonchev–Trinajstić information content (AvgIpc) is 2.69. The fraction of sp³-hybridized carbons (Fsp3) is 0.0833. The lowest BCUT2D eigenvalue weighted by Gasteiger charge is -2.00. The number of halogens is 1. The normalized spacial score (nSPS) is 10.9. The number of nitrogens with zero attached hydrogens (tertiary/aromatic N) is 4. The van der Waals surface area contributed by atoms with Gasteiger partial charge in [-0.05, 0) is 24.3 Å². The predicted octanol–water partition coefficient (Wildman–Crippen LogP) is 1.97. The van der Waals surface area contributed by atoms with Gasteiger partial charge >= 0.3 is 0 Å². The molecule has 5 heteroatoms. The summed E-state index contributed by atoms with van der Waals surface area (Å²) < 4.78 is 14.7. The Morgan fingerprint density at radius 1 is 1.24 bits per heavy atom. The van der Waals surface area contributed by atoms with E-state index in [1.165, 1.54) is 18.3 Å². The molecule has 0 saturated carbocycles. The summed E-state index contributed by atoms with van der Waals surface area (Å²) in [5.74, 6) is 0.441. The highest BCUT2D eigenvalue weighted by Crippen LogP contribution is 2.21. The fourth-order valence-corrected chi connectivity index (χ4v) is 1.72. The van der Waals surface area contributed by atoms with E-state index in [-0.39, 0.29) is 5.82 Å². The molecule has 3 aromatic rings. The lowest BCUT2D eigenvalue weighted by molar-refractivity contribution is 0.628. The second-order valence-electron chi connectivity index (χ2n) is 3.65. The molecule has 17 heavy (non-hydrogen) atoms. The maximum atomic E-state index is 12.9. The molecule has 0 spiro atoms. The molecule has 0 amide bonds. The molecule has 1 radical (unpaired) electrons. The number of fused-ring (bicyclic) bond motifs is 1. The van der Waals surface area contributed by atoms with E-state index in [9.17, 15) is 4.39 Å². The molecule has 2 heterocycles. The Hall–Kier alpha value is -2.30. The monoisotopic (exact) mass is 227 g/mol. The smallest absolute Gasteiger partial charge is 0.198 e. The van der Waals surface area contributed by atoms with E-state index < -0.39 is 0 Å². The first-order chi connectivity index (χ1) is 8.25. The van der Waals surface area contributed by atoms with Crippen molar-refractivity contribution in [2.75, 3.05) is 0 Å². The largest absolute Gasteiger partial charge is 0.310 e.